The van der Waals surface area contributed by atoms with Gasteiger partial charge in [0.25, 0.3) is 0 Å². The molecule has 1 aliphatic rings. The zero-order valence-corrected chi connectivity index (χ0v) is 9.96. The van der Waals surface area contributed by atoms with Crippen molar-refractivity contribution in [2.75, 3.05) is 6.79 Å². The highest BCUT2D eigenvalue weighted by Crippen LogP contribution is 2.42. The molecule has 0 atom stereocenters. The van der Waals surface area contributed by atoms with Crippen LogP contribution in [0.5, 0.6) is 11.5 Å². The molecule has 0 saturated carbocycles. The van der Waals surface area contributed by atoms with Gasteiger partial charge < -0.3 is 14.3 Å². The number of carbonyl (C=O) groups is 1. The zero-order valence-electron chi connectivity index (χ0n) is 8.38. The minimum absolute atomic E-state index is 0.268. The molecule has 0 fully saturated rings. The quantitative estimate of drug-likeness (QED) is 0.793. The van der Waals surface area contributed by atoms with Gasteiger partial charge in [0.15, 0.2) is 11.5 Å². The second-order valence-electron chi connectivity index (χ2n) is 3.43. The zero-order chi connectivity index (χ0) is 10.8. The molecule has 0 aliphatic carbocycles. The van der Waals surface area contributed by atoms with Crippen LogP contribution in [0.25, 0.3) is 0 Å². The van der Waals surface area contributed by atoms with Crippen molar-refractivity contribution in [3.63, 3.8) is 0 Å². The van der Waals surface area contributed by atoms with Crippen molar-refractivity contribution in [2.45, 2.75) is 19.8 Å². The minimum atomic E-state index is 0.268. The van der Waals surface area contributed by atoms with Gasteiger partial charge in [-0.2, -0.15) is 0 Å². The maximum Gasteiger partial charge on any atom is 0.231 e. The Morgan fingerprint density at radius 3 is 3.07 bits per heavy atom. The highest BCUT2D eigenvalue weighted by molar-refractivity contribution is 9.10. The first-order valence-electron chi connectivity index (χ1n) is 4.75. The van der Waals surface area contributed by atoms with Crippen molar-refractivity contribution in [2.24, 2.45) is 0 Å². The number of hydrogen-bond acceptors (Lipinski definition) is 3. The van der Waals surface area contributed by atoms with E-state index in [0.717, 1.165) is 39.8 Å². The van der Waals surface area contributed by atoms with Crippen LogP contribution in [-0.2, 0) is 11.2 Å². The largest absolute Gasteiger partial charge is 0.454 e. The van der Waals surface area contributed by atoms with Crippen LogP contribution < -0.4 is 9.47 Å². The van der Waals surface area contributed by atoms with Crippen LogP contribution in [0.3, 0.4) is 0 Å². The molecular formula is C11H11BrO3. The van der Waals surface area contributed by atoms with E-state index in [2.05, 4.69) is 15.9 Å². The van der Waals surface area contributed by atoms with Gasteiger partial charge in [0.2, 0.25) is 6.79 Å². The molecule has 1 aromatic rings. The van der Waals surface area contributed by atoms with Crippen LogP contribution in [0.1, 0.15) is 17.5 Å². The second-order valence-corrected chi connectivity index (χ2v) is 4.22. The summed E-state index contributed by atoms with van der Waals surface area (Å²) in [7, 11) is 0. The number of ether oxygens (including phenoxy) is 2. The molecule has 15 heavy (non-hydrogen) atoms. The summed E-state index contributed by atoms with van der Waals surface area (Å²) in [5.74, 6) is 1.52. The Kier molecular flexibility index (Phi) is 2.95. The number of hydrogen-bond donors (Lipinski definition) is 0. The van der Waals surface area contributed by atoms with Gasteiger partial charge >= 0.3 is 0 Å². The Labute approximate surface area is 96.5 Å². The molecule has 0 N–H and O–H groups in total. The number of rotatable bonds is 3. The van der Waals surface area contributed by atoms with E-state index in [-0.39, 0.29) is 6.79 Å². The summed E-state index contributed by atoms with van der Waals surface area (Å²) in [4.78, 5) is 10.4. The molecule has 4 heteroatoms. The summed E-state index contributed by atoms with van der Waals surface area (Å²) in [6.45, 7) is 2.28. The minimum Gasteiger partial charge on any atom is -0.454 e. The summed E-state index contributed by atoms with van der Waals surface area (Å²) >= 11 is 3.49. The Hall–Kier alpha value is -1.03. The maximum atomic E-state index is 10.4. The normalized spacial score (nSPS) is 12.9. The molecule has 2 rings (SSSR count). The van der Waals surface area contributed by atoms with Gasteiger partial charge in [-0.3, -0.25) is 0 Å². The molecule has 0 amide bonds. The molecule has 3 nitrogen and oxygen atoms in total. The predicted octanol–water partition coefficient (Wildman–Crippen LogP) is 2.62. The molecule has 80 valence electrons. The molecule has 1 aromatic carbocycles. The summed E-state index contributed by atoms with van der Waals surface area (Å²) in [5, 5.41) is 0. The first-order chi connectivity index (χ1) is 7.24. The topological polar surface area (TPSA) is 35.5 Å². The van der Waals surface area contributed by atoms with Gasteiger partial charge in [0.1, 0.15) is 6.29 Å². The number of carbonyl (C=O) groups excluding carboxylic acids is 1. The van der Waals surface area contributed by atoms with Crippen LogP contribution >= 0.6 is 15.9 Å². The highest BCUT2D eigenvalue weighted by atomic mass is 79.9. The molecule has 0 radical (unpaired) electrons. The summed E-state index contributed by atoms with van der Waals surface area (Å²) in [6, 6.07) is 1.95. The van der Waals surface area contributed by atoms with Crippen molar-refractivity contribution < 1.29 is 14.3 Å². The first-order valence-corrected chi connectivity index (χ1v) is 5.54. The fourth-order valence-corrected chi connectivity index (χ4v) is 2.49. The van der Waals surface area contributed by atoms with E-state index in [1.165, 1.54) is 0 Å². The van der Waals surface area contributed by atoms with Gasteiger partial charge in [0.05, 0.1) is 4.47 Å². The fraction of sp³-hybridized carbons (Fsp3) is 0.364. The first kappa shape index (κ1) is 10.5. The van der Waals surface area contributed by atoms with E-state index in [4.69, 9.17) is 9.47 Å². The molecular weight excluding hydrogens is 260 g/mol. The SMILES string of the molecule is Cc1cc2c(c(Br)c1CCC=O)OCO2. The van der Waals surface area contributed by atoms with Crippen LogP contribution in [0.2, 0.25) is 0 Å². The van der Waals surface area contributed by atoms with Gasteiger partial charge in [-0.25, -0.2) is 0 Å². The van der Waals surface area contributed by atoms with Gasteiger partial charge in [0, 0.05) is 6.42 Å². The third kappa shape index (κ3) is 1.86. The molecule has 1 aliphatic heterocycles. The lowest BCUT2D eigenvalue weighted by Gasteiger charge is -2.09. The molecule has 0 saturated heterocycles. The fourth-order valence-electron chi connectivity index (χ4n) is 1.67. The Bertz CT molecular complexity index is 401. The number of benzene rings is 1. The van der Waals surface area contributed by atoms with Crippen molar-refractivity contribution in [3.05, 3.63) is 21.7 Å². The van der Waals surface area contributed by atoms with Crippen molar-refractivity contribution in [3.8, 4) is 11.5 Å². The number of fused-ring (bicyclic) bond motifs is 1. The van der Waals surface area contributed by atoms with Gasteiger partial charge in [-0.15, -0.1) is 0 Å². The highest BCUT2D eigenvalue weighted by Gasteiger charge is 2.20. The summed E-state index contributed by atoms with van der Waals surface area (Å²) in [6.07, 6.45) is 2.18. The third-order valence-corrected chi connectivity index (χ3v) is 3.28. The maximum absolute atomic E-state index is 10.4. The molecule has 1 heterocycles. The van der Waals surface area contributed by atoms with Crippen LogP contribution in [0.15, 0.2) is 10.5 Å². The second kappa shape index (κ2) is 4.23. The lowest BCUT2D eigenvalue weighted by atomic mass is 10.0. The Morgan fingerprint density at radius 1 is 1.53 bits per heavy atom. The van der Waals surface area contributed by atoms with Crippen LogP contribution in [-0.4, -0.2) is 13.1 Å². The van der Waals surface area contributed by atoms with E-state index >= 15 is 0 Å². The third-order valence-electron chi connectivity index (χ3n) is 2.44. The molecule has 0 unspecified atom stereocenters. The van der Waals surface area contributed by atoms with E-state index in [9.17, 15) is 4.79 Å². The predicted molar refractivity (Wildman–Crippen MR) is 59.4 cm³/mol. The van der Waals surface area contributed by atoms with E-state index in [1.54, 1.807) is 0 Å². The summed E-state index contributed by atoms with van der Waals surface area (Å²) < 4.78 is 11.6. The van der Waals surface area contributed by atoms with E-state index < -0.39 is 0 Å². The van der Waals surface area contributed by atoms with E-state index in [1.807, 2.05) is 13.0 Å². The lowest BCUT2D eigenvalue weighted by Crippen LogP contribution is -1.94. The van der Waals surface area contributed by atoms with Crippen molar-refractivity contribution in [1.29, 1.82) is 0 Å². The van der Waals surface area contributed by atoms with Crippen LogP contribution in [0, 0.1) is 6.92 Å². The number of halogens is 1. The monoisotopic (exact) mass is 270 g/mol. The molecule has 0 aromatic heterocycles. The van der Waals surface area contributed by atoms with Crippen molar-refractivity contribution in [1.82, 2.24) is 0 Å². The Balaban J connectivity index is 2.41. The number of aldehydes is 1. The van der Waals surface area contributed by atoms with Crippen molar-refractivity contribution >= 4 is 22.2 Å². The van der Waals surface area contributed by atoms with Gasteiger partial charge in [-0.1, -0.05) is 0 Å². The smallest absolute Gasteiger partial charge is 0.231 e. The lowest BCUT2D eigenvalue weighted by molar-refractivity contribution is -0.107. The standard InChI is InChI=1S/C11H11BrO3/c1-7-5-9-11(15-6-14-9)10(12)8(7)3-2-4-13/h4-5H,2-3,6H2,1H3. The number of aryl methyl sites for hydroxylation is 1. The van der Waals surface area contributed by atoms with Gasteiger partial charge in [-0.05, 0) is 46.5 Å². The van der Waals surface area contributed by atoms with Crippen LogP contribution in [0.4, 0.5) is 0 Å². The molecule has 0 spiro atoms. The molecule has 0 bridgehead atoms. The average Bonchev–Trinajstić information content (AvgIpc) is 2.65. The Morgan fingerprint density at radius 2 is 2.33 bits per heavy atom. The summed E-state index contributed by atoms with van der Waals surface area (Å²) in [5.41, 5.74) is 2.24. The average molecular weight is 271 g/mol. The van der Waals surface area contributed by atoms with E-state index in [0.29, 0.717) is 6.42 Å².